The second-order valence-corrected chi connectivity index (χ2v) is 5.33. The smallest absolute Gasteiger partial charge is 0.267 e. The summed E-state index contributed by atoms with van der Waals surface area (Å²) in [5.41, 5.74) is 0.742. The van der Waals surface area contributed by atoms with E-state index in [1.807, 2.05) is 6.92 Å². The Bertz CT molecular complexity index is 706. The van der Waals surface area contributed by atoms with Crippen LogP contribution in [0.25, 0.3) is 0 Å². The number of amides is 1. The standard InChI is InChI=1S/C14H17N3O3S/c1-7-3-4-9-10(7)12(18)11(14(20)17(9)2)13(19)16-8(5-15)6-21/h5-7,15,18,21H,3-4H2,1-2H3,(H,16,19)/b8-6+,15-5?/t7-/m0/s1. The second kappa shape index (κ2) is 5.77. The van der Waals surface area contributed by atoms with E-state index in [-0.39, 0.29) is 22.9 Å². The van der Waals surface area contributed by atoms with Crippen LogP contribution in [0.3, 0.4) is 0 Å². The summed E-state index contributed by atoms with van der Waals surface area (Å²) >= 11 is 3.86. The van der Waals surface area contributed by atoms with Crippen LogP contribution in [0.2, 0.25) is 0 Å². The van der Waals surface area contributed by atoms with E-state index in [0.717, 1.165) is 18.3 Å². The summed E-state index contributed by atoms with van der Waals surface area (Å²) in [4.78, 5) is 24.5. The van der Waals surface area contributed by atoms with Gasteiger partial charge in [0.05, 0.1) is 5.70 Å². The van der Waals surface area contributed by atoms with E-state index in [9.17, 15) is 14.7 Å². The molecule has 0 saturated carbocycles. The lowest BCUT2D eigenvalue weighted by Gasteiger charge is -2.15. The van der Waals surface area contributed by atoms with Gasteiger partial charge in [0, 0.05) is 24.5 Å². The Kier molecular flexibility index (Phi) is 4.22. The quantitative estimate of drug-likeness (QED) is 0.500. The van der Waals surface area contributed by atoms with Crippen molar-refractivity contribution in [1.29, 1.82) is 5.41 Å². The Hall–Kier alpha value is -2.02. The largest absolute Gasteiger partial charge is 0.507 e. The molecule has 2 rings (SSSR count). The lowest BCUT2D eigenvalue weighted by molar-refractivity contribution is 0.0963. The van der Waals surface area contributed by atoms with Gasteiger partial charge in [-0.1, -0.05) is 6.92 Å². The predicted molar refractivity (Wildman–Crippen MR) is 83.4 cm³/mol. The first kappa shape index (κ1) is 15.4. The van der Waals surface area contributed by atoms with Crippen LogP contribution in [0.1, 0.15) is 40.9 Å². The molecule has 0 unspecified atom stereocenters. The van der Waals surface area contributed by atoms with Gasteiger partial charge in [0.2, 0.25) is 0 Å². The van der Waals surface area contributed by atoms with E-state index in [0.29, 0.717) is 12.0 Å². The molecular weight excluding hydrogens is 290 g/mol. The number of thiol groups is 1. The summed E-state index contributed by atoms with van der Waals surface area (Å²) in [7, 11) is 1.60. The van der Waals surface area contributed by atoms with Crippen LogP contribution in [0.4, 0.5) is 0 Å². The van der Waals surface area contributed by atoms with Crippen molar-refractivity contribution in [3.8, 4) is 5.75 Å². The van der Waals surface area contributed by atoms with E-state index in [1.165, 1.54) is 9.98 Å². The summed E-state index contributed by atoms with van der Waals surface area (Å²) in [6.07, 6.45) is 2.45. The number of carbonyl (C=O) groups excluding carboxylic acids is 1. The van der Waals surface area contributed by atoms with Crippen molar-refractivity contribution in [2.24, 2.45) is 7.05 Å². The highest BCUT2D eigenvalue weighted by Crippen LogP contribution is 2.38. The molecule has 1 aliphatic carbocycles. The molecule has 0 fully saturated rings. The highest BCUT2D eigenvalue weighted by molar-refractivity contribution is 7.83. The fourth-order valence-electron chi connectivity index (χ4n) is 2.67. The van der Waals surface area contributed by atoms with Gasteiger partial charge in [-0.05, 0) is 24.2 Å². The van der Waals surface area contributed by atoms with Crippen molar-refractivity contribution < 1.29 is 9.90 Å². The maximum absolute atomic E-state index is 12.3. The van der Waals surface area contributed by atoms with Crippen molar-refractivity contribution in [2.75, 3.05) is 0 Å². The summed E-state index contributed by atoms with van der Waals surface area (Å²) in [5.74, 6) is -0.890. The van der Waals surface area contributed by atoms with Crippen LogP contribution in [0.5, 0.6) is 5.75 Å². The highest BCUT2D eigenvalue weighted by Gasteiger charge is 2.30. The van der Waals surface area contributed by atoms with Gasteiger partial charge in [-0.15, -0.1) is 12.6 Å². The van der Waals surface area contributed by atoms with E-state index in [4.69, 9.17) is 5.41 Å². The third-order valence-corrected chi connectivity index (χ3v) is 4.09. The first-order valence-electron chi connectivity index (χ1n) is 6.53. The minimum absolute atomic E-state index is 0.0981. The first-order valence-corrected chi connectivity index (χ1v) is 7.04. The van der Waals surface area contributed by atoms with Gasteiger partial charge < -0.3 is 20.4 Å². The van der Waals surface area contributed by atoms with Crippen LogP contribution < -0.4 is 10.9 Å². The zero-order chi connectivity index (χ0) is 15.7. The molecule has 0 bridgehead atoms. The Balaban J connectivity index is 2.58. The van der Waals surface area contributed by atoms with Crippen molar-refractivity contribution in [3.63, 3.8) is 0 Å². The number of hydrogen-bond acceptors (Lipinski definition) is 5. The van der Waals surface area contributed by atoms with Crippen LogP contribution in [-0.2, 0) is 13.5 Å². The van der Waals surface area contributed by atoms with Crippen LogP contribution in [0, 0.1) is 5.41 Å². The molecule has 1 aromatic heterocycles. The molecule has 7 heteroatoms. The van der Waals surface area contributed by atoms with Gasteiger partial charge in [0.25, 0.3) is 11.5 Å². The molecule has 1 amide bonds. The summed E-state index contributed by atoms with van der Waals surface area (Å²) in [5, 5.41) is 21.1. The number of aromatic nitrogens is 1. The van der Waals surface area contributed by atoms with Crippen LogP contribution >= 0.6 is 12.6 Å². The number of nitrogens with one attached hydrogen (secondary N) is 2. The van der Waals surface area contributed by atoms with Crippen molar-refractivity contribution in [3.05, 3.63) is 38.3 Å². The zero-order valence-corrected chi connectivity index (χ0v) is 12.7. The average Bonchev–Trinajstić information content (AvgIpc) is 2.84. The van der Waals surface area contributed by atoms with E-state index < -0.39 is 11.5 Å². The Labute approximate surface area is 127 Å². The number of rotatable bonds is 3. The minimum Gasteiger partial charge on any atom is -0.507 e. The molecule has 3 N–H and O–H groups in total. The zero-order valence-electron chi connectivity index (χ0n) is 11.8. The van der Waals surface area contributed by atoms with Crippen LogP contribution in [-0.4, -0.2) is 21.8 Å². The molecule has 0 radical (unpaired) electrons. The molecule has 0 aromatic carbocycles. The number of aromatic hydroxyl groups is 1. The summed E-state index contributed by atoms with van der Waals surface area (Å²) in [6, 6.07) is 0. The average molecular weight is 307 g/mol. The van der Waals surface area contributed by atoms with Gasteiger partial charge in [-0.25, -0.2) is 0 Å². The van der Waals surface area contributed by atoms with Gasteiger partial charge >= 0.3 is 0 Å². The van der Waals surface area contributed by atoms with Crippen LogP contribution in [0.15, 0.2) is 15.9 Å². The van der Waals surface area contributed by atoms with Gasteiger partial charge in [0.15, 0.2) is 0 Å². The highest BCUT2D eigenvalue weighted by atomic mass is 32.1. The second-order valence-electron chi connectivity index (χ2n) is 5.07. The summed E-state index contributed by atoms with van der Waals surface area (Å²) in [6.45, 7) is 1.95. The lowest BCUT2D eigenvalue weighted by atomic mass is 10.0. The third kappa shape index (κ3) is 2.49. The van der Waals surface area contributed by atoms with Crippen molar-refractivity contribution in [1.82, 2.24) is 9.88 Å². The van der Waals surface area contributed by atoms with E-state index in [2.05, 4.69) is 17.9 Å². The molecule has 0 saturated heterocycles. The third-order valence-electron chi connectivity index (χ3n) is 3.81. The first-order chi connectivity index (χ1) is 9.92. The molecule has 112 valence electrons. The van der Waals surface area contributed by atoms with Gasteiger partial charge in [0.1, 0.15) is 11.3 Å². The molecule has 21 heavy (non-hydrogen) atoms. The normalized spacial score (nSPS) is 17.5. The minimum atomic E-state index is -0.737. The number of nitrogens with zero attached hydrogens (tertiary/aromatic N) is 1. The molecule has 0 spiro atoms. The van der Waals surface area contributed by atoms with Gasteiger partial charge in [-0.2, -0.15) is 0 Å². The van der Waals surface area contributed by atoms with Crippen molar-refractivity contribution >= 4 is 24.8 Å². The topological polar surface area (TPSA) is 95.2 Å². The molecule has 0 aliphatic heterocycles. The molecule has 1 aliphatic rings. The Morgan fingerprint density at radius 3 is 2.81 bits per heavy atom. The lowest BCUT2D eigenvalue weighted by Crippen LogP contribution is -2.33. The fourth-order valence-corrected chi connectivity index (χ4v) is 2.80. The maximum Gasteiger partial charge on any atom is 0.267 e. The molecule has 6 nitrogen and oxygen atoms in total. The summed E-state index contributed by atoms with van der Waals surface area (Å²) < 4.78 is 1.42. The molecule has 1 atom stereocenters. The number of allylic oxidation sites excluding steroid dienone is 1. The number of carbonyl (C=O) groups is 1. The molecule has 1 heterocycles. The number of hydrogen-bond donors (Lipinski definition) is 4. The van der Waals surface area contributed by atoms with Crippen molar-refractivity contribution in [2.45, 2.75) is 25.7 Å². The van der Waals surface area contributed by atoms with Gasteiger partial charge in [-0.3, -0.25) is 9.59 Å². The monoisotopic (exact) mass is 307 g/mol. The molecule has 1 aromatic rings. The molecular formula is C14H17N3O3S. The maximum atomic E-state index is 12.3. The predicted octanol–water partition coefficient (Wildman–Crippen LogP) is 1.29. The number of fused-ring (bicyclic) bond motifs is 1. The SMILES string of the molecule is C[C@H]1CCc2c1c(O)c(C(=O)N/C(C=N)=C/S)c(=O)n2C. The Morgan fingerprint density at radius 1 is 1.57 bits per heavy atom. The number of pyridine rings is 1. The fraction of sp³-hybridized carbons (Fsp3) is 0.357. The Morgan fingerprint density at radius 2 is 2.24 bits per heavy atom. The van der Waals surface area contributed by atoms with E-state index in [1.54, 1.807) is 7.05 Å². The van der Waals surface area contributed by atoms with E-state index >= 15 is 0 Å².